The Kier molecular flexibility index (Phi) is 3.33. The summed E-state index contributed by atoms with van der Waals surface area (Å²) in [6.45, 7) is 1.02. The van der Waals surface area contributed by atoms with E-state index in [9.17, 15) is 14.9 Å². The molecular formula is C18H17N3O3. The van der Waals surface area contributed by atoms with Crippen LogP contribution in [0.15, 0.2) is 42.6 Å². The van der Waals surface area contributed by atoms with Crippen LogP contribution in [0.2, 0.25) is 0 Å². The third-order valence-corrected chi connectivity index (χ3v) is 5.01. The first-order chi connectivity index (χ1) is 11.6. The van der Waals surface area contributed by atoms with Gasteiger partial charge in [-0.25, -0.2) is 0 Å². The van der Waals surface area contributed by atoms with Crippen LogP contribution in [0.4, 0.5) is 5.69 Å². The van der Waals surface area contributed by atoms with E-state index in [1.807, 2.05) is 35.2 Å². The first-order valence-corrected chi connectivity index (χ1v) is 8.07. The van der Waals surface area contributed by atoms with Crippen molar-refractivity contribution >= 4 is 11.6 Å². The Bertz CT molecular complexity index is 816. The maximum atomic E-state index is 13.1. The van der Waals surface area contributed by atoms with Gasteiger partial charge in [0, 0.05) is 31.3 Å². The average molecular weight is 323 g/mol. The molecule has 1 aliphatic heterocycles. The number of hydrogen-bond acceptors (Lipinski definition) is 4. The molecule has 1 aliphatic carbocycles. The second kappa shape index (κ2) is 5.40. The van der Waals surface area contributed by atoms with Gasteiger partial charge in [0.05, 0.1) is 10.3 Å². The fourth-order valence-corrected chi connectivity index (χ4v) is 3.50. The average Bonchev–Trinajstić information content (AvgIpc) is 3.43. The maximum absolute atomic E-state index is 13.1. The van der Waals surface area contributed by atoms with E-state index in [1.165, 1.54) is 6.20 Å². The van der Waals surface area contributed by atoms with Gasteiger partial charge in [0.15, 0.2) is 0 Å². The van der Waals surface area contributed by atoms with E-state index in [-0.39, 0.29) is 11.6 Å². The lowest BCUT2D eigenvalue weighted by molar-refractivity contribution is -0.385. The molecule has 6 nitrogen and oxygen atoms in total. The summed E-state index contributed by atoms with van der Waals surface area (Å²) in [6, 6.07) is 11.4. The predicted molar refractivity (Wildman–Crippen MR) is 87.4 cm³/mol. The molecule has 1 fully saturated rings. The van der Waals surface area contributed by atoms with Crippen molar-refractivity contribution in [2.75, 3.05) is 6.54 Å². The topological polar surface area (TPSA) is 76.3 Å². The van der Waals surface area contributed by atoms with Gasteiger partial charge in [-0.05, 0) is 24.0 Å². The molecule has 1 amide bonds. The number of nitrogens with zero attached hydrogens (tertiary/aromatic N) is 3. The fourth-order valence-electron chi connectivity index (χ4n) is 3.50. The van der Waals surface area contributed by atoms with Crippen molar-refractivity contribution in [3.8, 4) is 0 Å². The summed E-state index contributed by atoms with van der Waals surface area (Å²) >= 11 is 0. The minimum Gasteiger partial charge on any atom is -0.337 e. The van der Waals surface area contributed by atoms with Gasteiger partial charge in [-0.1, -0.05) is 30.3 Å². The van der Waals surface area contributed by atoms with Gasteiger partial charge in [0.2, 0.25) is 5.91 Å². The van der Waals surface area contributed by atoms with Crippen LogP contribution in [0.3, 0.4) is 0 Å². The molecule has 2 aliphatic rings. The summed E-state index contributed by atoms with van der Waals surface area (Å²) in [5.74, 6) is 0.130. The van der Waals surface area contributed by atoms with Crippen LogP contribution in [0, 0.1) is 10.1 Å². The molecular weight excluding hydrogens is 306 g/mol. The lowest BCUT2D eigenvalue weighted by atomic mass is 9.93. The second-order valence-corrected chi connectivity index (χ2v) is 6.48. The Hall–Kier alpha value is -2.76. The summed E-state index contributed by atoms with van der Waals surface area (Å²) in [7, 11) is 0. The van der Waals surface area contributed by atoms with Gasteiger partial charge in [-0.15, -0.1) is 0 Å². The van der Waals surface area contributed by atoms with Gasteiger partial charge in [-0.2, -0.15) is 0 Å². The first-order valence-electron chi connectivity index (χ1n) is 8.07. The standard InChI is InChI=1S/C18H17N3O3/c22-17(18(7-8-18)14-4-2-1-3-5-14)20-9-6-16-13(12-20)10-15(11-19-16)21(23)24/h1-5,10-11H,6-9,12H2. The van der Waals surface area contributed by atoms with E-state index in [4.69, 9.17) is 0 Å². The number of fused-ring (bicyclic) bond motifs is 1. The molecule has 0 N–H and O–H groups in total. The molecule has 0 atom stereocenters. The molecule has 2 heterocycles. The number of nitro groups is 1. The van der Waals surface area contributed by atoms with E-state index in [2.05, 4.69) is 4.98 Å². The van der Waals surface area contributed by atoms with E-state index in [0.29, 0.717) is 19.5 Å². The first kappa shape index (κ1) is 14.8. The van der Waals surface area contributed by atoms with Crippen molar-refractivity contribution in [1.29, 1.82) is 0 Å². The molecule has 4 rings (SSSR count). The van der Waals surface area contributed by atoms with E-state index in [1.54, 1.807) is 6.07 Å². The molecule has 0 saturated heterocycles. The van der Waals surface area contributed by atoms with Gasteiger partial charge >= 0.3 is 0 Å². The maximum Gasteiger partial charge on any atom is 0.287 e. The minimum atomic E-state index is -0.444. The Morgan fingerprint density at radius 1 is 1.25 bits per heavy atom. The van der Waals surface area contributed by atoms with Gasteiger partial charge in [-0.3, -0.25) is 19.9 Å². The van der Waals surface area contributed by atoms with E-state index >= 15 is 0 Å². The summed E-state index contributed by atoms with van der Waals surface area (Å²) < 4.78 is 0. The van der Waals surface area contributed by atoms with Crippen molar-refractivity contribution in [3.05, 3.63) is 69.5 Å². The number of aromatic nitrogens is 1. The van der Waals surface area contributed by atoms with Crippen LogP contribution in [0.5, 0.6) is 0 Å². The number of benzene rings is 1. The van der Waals surface area contributed by atoms with Crippen molar-refractivity contribution in [1.82, 2.24) is 9.88 Å². The van der Waals surface area contributed by atoms with Crippen molar-refractivity contribution in [3.63, 3.8) is 0 Å². The SMILES string of the molecule is O=C(N1CCc2ncc([N+](=O)[O-])cc2C1)C1(c2ccccc2)CC1. The quantitative estimate of drug-likeness (QED) is 0.642. The van der Waals surface area contributed by atoms with Crippen LogP contribution < -0.4 is 0 Å². The Balaban J connectivity index is 1.59. The fraction of sp³-hybridized carbons (Fsp3) is 0.333. The molecule has 1 saturated carbocycles. The molecule has 0 spiro atoms. The lowest BCUT2D eigenvalue weighted by Gasteiger charge is -2.31. The summed E-state index contributed by atoms with van der Waals surface area (Å²) in [4.78, 5) is 29.6. The molecule has 2 aromatic rings. The van der Waals surface area contributed by atoms with Crippen LogP contribution in [-0.2, 0) is 23.2 Å². The van der Waals surface area contributed by atoms with Crippen molar-refractivity contribution in [2.24, 2.45) is 0 Å². The van der Waals surface area contributed by atoms with E-state index in [0.717, 1.165) is 29.7 Å². The van der Waals surface area contributed by atoms with Crippen LogP contribution >= 0.6 is 0 Å². The molecule has 0 bridgehead atoms. The second-order valence-electron chi connectivity index (χ2n) is 6.48. The summed E-state index contributed by atoms with van der Waals surface area (Å²) in [6.07, 6.45) is 3.67. The zero-order chi connectivity index (χ0) is 16.7. The number of rotatable bonds is 3. The van der Waals surface area contributed by atoms with Crippen LogP contribution in [-0.4, -0.2) is 27.3 Å². The molecule has 1 aromatic heterocycles. The number of hydrogen-bond donors (Lipinski definition) is 0. The highest BCUT2D eigenvalue weighted by atomic mass is 16.6. The summed E-state index contributed by atoms with van der Waals surface area (Å²) in [5.41, 5.74) is 2.29. The third kappa shape index (κ3) is 2.35. The lowest BCUT2D eigenvalue weighted by Crippen LogP contribution is -2.42. The Morgan fingerprint density at radius 2 is 2.00 bits per heavy atom. The Labute approximate surface area is 139 Å². The molecule has 6 heteroatoms. The minimum absolute atomic E-state index is 0.0211. The van der Waals surface area contributed by atoms with Gasteiger partial charge in [0.25, 0.3) is 5.69 Å². The van der Waals surface area contributed by atoms with Crippen molar-refractivity contribution in [2.45, 2.75) is 31.2 Å². The number of carbonyl (C=O) groups is 1. The third-order valence-electron chi connectivity index (χ3n) is 5.01. The Morgan fingerprint density at radius 3 is 2.67 bits per heavy atom. The molecule has 1 aromatic carbocycles. The highest BCUT2D eigenvalue weighted by molar-refractivity contribution is 5.91. The smallest absolute Gasteiger partial charge is 0.287 e. The van der Waals surface area contributed by atoms with Crippen LogP contribution in [0.1, 0.15) is 29.7 Å². The largest absolute Gasteiger partial charge is 0.337 e. The number of carbonyl (C=O) groups excluding carboxylic acids is 1. The highest BCUT2D eigenvalue weighted by Gasteiger charge is 2.53. The molecule has 24 heavy (non-hydrogen) atoms. The highest BCUT2D eigenvalue weighted by Crippen LogP contribution is 2.50. The zero-order valence-electron chi connectivity index (χ0n) is 13.1. The normalized spacial score (nSPS) is 17.9. The molecule has 0 radical (unpaired) electrons. The zero-order valence-corrected chi connectivity index (χ0v) is 13.1. The van der Waals surface area contributed by atoms with E-state index < -0.39 is 10.3 Å². The molecule has 0 unspecified atom stereocenters. The van der Waals surface area contributed by atoms with Crippen LogP contribution in [0.25, 0.3) is 0 Å². The van der Waals surface area contributed by atoms with Gasteiger partial charge < -0.3 is 4.90 Å². The van der Waals surface area contributed by atoms with Gasteiger partial charge in [0.1, 0.15) is 6.20 Å². The number of pyridine rings is 1. The number of amides is 1. The summed E-state index contributed by atoms with van der Waals surface area (Å²) in [5, 5.41) is 10.9. The molecule has 122 valence electrons. The van der Waals surface area contributed by atoms with Crippen molar-refractivity contribution < 1.29 is 9.72 Å². The predicted octanol–water partition coefficient (Wildman–Crippen LogP) is 2.61. The monoisotopic (exact) mass is 323 g/mol.